The maximum absolute atomic E-state index is 11.1. The molecule has 0 aromatic heterocycles. The van der Waals surface area contributed by atoms with Gasteiger partial charge in [0.15, 0.2) is 0 Å². The van der Waals surface area contributed by atoms with E-state index in [0.717, 1.165) is 5.56 Å². The third-order valence-electron chi connectivity index (χ3n) is 1.97. The molecule has 1 rings (SSSR count). The van der Waals surface area contributed by atoms with Crippen LogP contribution in [0.15, 0.2) is 42.1 Å². The second kappa shape index (κ2) is 7.46. The summed E-state index contributed by atoms with van der Waals surface area (Å²) in [6, 6.07) is 9.75. The van der Waals surface area contributed by atoms with Gasteiger partial charge in [-0.15, -0.1) is 0 Å². The first kappa shape index (κ1) is 13.3. The molecule has 1 aromatic rings. The fourth-order valence-electron chi connectivity index (χ4n) is 1.24. The Morgan fingerprint density at radius 3 is 2.71 bits per heavy atom. The number of rotatable bonds is 6. The zero-order valence-corrected chi connectivity index (χ0v) is 9.89. The van der Waals surface area contributed by atoms with Crippen LogP contribution in [-0.4, -0.2) is 19.2 Å². The minimum Gasteiger partial charge on any atom is -0.463 e. The average molecular weight is 235 g/mol. The Morgan fingerprint density at radius 1 is 1.35 bits per heavy atom. The minimum absolute atomic E-state index is 0.216. The summed E-state index contributed by atoms with van der Waals surface area (Å²) >= 11 is 0. The Balaban J connectivity index is 2.29. The molecule has 4 nitrogen and oxygen atoms in total. The van der Waals surface area contributed by atoms with Crippen LogP contribution in [0.3, 0.4) is 0 Å². The predicted octanol–water partition coefficient (Wildman–Crippen LogP) is 1.61. The van der Waals surface area contributed by atoms with E-state index >= 15 is 0 Å². The molecule has 0 aliphatic heterocycles. The number of hydrogen-bond donors (Lipinski definition) is 1. The minimum atomic E-state index is -0.437. The number of nitrogens with two attached hydrogens (primary N) is 1. The van der Waals surface area contributed by atoms with Gasteiger partial charge in [-0.05, 0) is 12.5 Å². The third-order valence-corrected chi connectivity index (χ3v) is 1.97. The zero-order valence-electron chi connectivity index (χ0n) is 9.89. The average Bonchev–Trinajstić information content (AvgIpc) is 2.30. The van der Waals surface area contributed by atoms with E-state index in [1.807, 2.05) is 30.3 Å². The first-order valence-electron chi connectivity index (χ1n) is 5.47. The van der Waals surface area contributed by atoms with Gasteiger partial charge in [0.1, 0.15) is 0 Å². The van der Waals surface area contributed by atoms with Crippen LogP contribution in [0.1, 0.15) is 12.5 Å². The number of ether oxygens (including phenoxy) is 2. The molecule has 0 spiro atoms. The van der Waals surface area contributed by atoms with Gasteiger partial charge in [0.05, 0.1) is 19.8 Å². The van der Waals surface area contributed by atoms with Crippen molar-refractivity contribution in [2.45, 2.75) is 13.5 Å². The summed E-state index contributed by atoms with van der Waals surface area (Å²) in [5, 5.41) is 0. The number of hydrogen-bond acceptors (Lipinski definition) is 4. The number of esters is 1. The van der Waals surface area contributed by atoms with Crippen LogP contribution in [0.25, 0.3) is 0 Å². The van der Waals surface area contributed by atoms with Gasteiger partial charge in [0.25, 0.3) is 0 Å². The van der Waals surface area contributed by atoms with E-state index in [1.165, 1.54) is 6.08 Å². The molecule has 92 valence electrons. The number of benzene rings is 1. The van der Waals surface area contributed by atoms with Crippen molar-refractivity contribution < 1.29 is 14.3 Å². The topological polar surface area (TPSA) is 61.5 Å². The van der Waals surface area contributed by atoms with Crippen LogP contribution in [0.5, 0.6) is 0 Å². The van der Waals surface area contributed by atoms with E-state index in [4.69, 9.17) is 15.2 Å². The molecule has 0 radical (unpaired) electrons. The van der Waals surface area contributed by atoms with Crippen LogP contribution in [-0.2, 0) is 20.9 Å². The largest absolute Gasteiger partial charge is 0.463 e. The molecule has 1 aromatic carbocycles. The summed E-state index contributed by atoms with van der Waals surface area (Å²) in [5.74, 6) is -0.437. The van der Waals surface area contributed by atoms with E-state index in [1.54, 1.807) is 6.92 Å². The highest BCUT2D eigenvalue weighted by Crippen LogP contribution is 2.01. The molecule has 0 bridgehead atoms. The van der Waals surface area contributed by atoms with Crippen LogP contribution in [0, 0.1) is 0 Å². The molecule has 0 aliphatic rings. The van der Waals surface area contributed by atoms with Gasteiger partial charge in [0, 0.05) is 11.8 Å². The molecule has 0 amide bonds. The summed E-state index contributed by atoms with van der Waals surface area (Å²) < 4.78 is 10.1. The molecule has 0 fully saturated rings. The van der Waals surface area contributed by atoms with Gasteiger partial charge >= 0.3 is 5.97 Å². The van der Waals surface area contributed by atoms with E-state index in [9.17, 15) is 4.79 Å². The normalized spacial score (nSPS) is 11.2. The first-order valence-corrected chi connectivity index (χ1v) is 5.47. The van der Waals surface area contributed by atoms with Gasteiger partial charge in [-0.25, -0.2) is 4.79 Å². The maximum atomic E-state index is 11.1. The molecule has 0 aliphatic carbocycles. The monoisotopic (exact) mass is 235 g/mol. The Morgan fingerprint density at radius 2 is 2.06 bits per heavy atom. The Labute approximate surface area is 101 Å². The van der Waals surface area contributed by atoms with Crippen molar-refractivity contribution in [3.05, 3.63) is 47.7 Å². The van der Waals surface area contributed by atoms with Crippen LogP contribution >= 0.6 is 0 Å². The molecular formula is C13H17NO3. The lowest BCUT2D eigenvalue weighted by molar-refractivity contribution is -0.137. The van der Waals surface area contributed by atoms with E-state index < -0.39 is 5.97 Å². The zero-order chi connectivity index (χ0) is 12.5. The van der Waals surface area contributed by atoms with Crippen molar-refractivity contribution in [3.8, 4) is 0 Å². The predicted molar refractivity (Wildman–Crippen MR) is 65.0 cm³/mol. The quantitative estimate of drug-likeness (QED) is 0.601. The summed E-state index contributed by atoms with van der Waals surface area (Å²) in [7, 11) is 0. The summed E-state index contributed by atoms with van der Waals surface area (Å²) in [6.07, 6.45) is 1.24. The van der Waals surface area contributed by atoms with Crippen LogP contribution in [0.2, 0.25) is 0 Å². The molecule has 17 heavy (non-hydrogen) atoms. The lowest BCUT2D eigenvalue weighted by atomic mass is 10.2. The molecule has 0 atom stereocenters. The summed E-state index contributed by atoms with van der Waals surface area (Å²) in [4.78, 5) is 11.1. The Hall–Kier alpha value is -1.81. The highest BCUT2D eigenvalue weighted by atomic mass is 16.5. The van der Waals surface area contributed by atoms with Gasteiger partial charge < -0.3 is 15.2 Å². The number of carbonyl (C=O) groups is 1. The third kappa shape index (κ3) is 5.73. The van der Waals surface area contributed by atoms with Crippen LogP contribution in [0.4, 0.5) is 0 Å². The van der Waals surface area contributed by atoms with Gasteiger partial charge in [0.2, 0.25) is 0 Å². The molecule has 4 heteroatoms. The molecule has 0 heterocycles. The Kier molecular flexibility index (Phi) is 5.82. The van der Waals surface area contributed by atoms with Crippen molar-refractivity contribution in [2.24, 2.45) is 5.73 Å². The van der Waals surface area contributed by atoms with Crippen molar-refractivity contribution in [1.29, 1.82) is 0 Å². The molecule has 0 saturated heterocycles. The lowest BCUT2D eigenvalue weighted by Crippen LogP contribution is -2.11. The van der Waals surface area contributed by atoms with Gasteiger partial charge in [-0.3, -0.25) is 0 Å². The fraction of sp³-hybridized carbons (Fsp3) is 0.308. The fourth-order valence-corrected chi connectivity index (χ4v) is 1.24. The standard InChI is InChI=1S/C13H17NO3/c1-2-17-13(15)8-12(14)10-16-9-11-6-4-3-5-7-11/h3-8H,2,9-10,14H2,1H3. The van der Waals surface area contributed by atoms with E-state index in [-0.39, 0.29) is 6.61 Å². The molecule has 0 saturated carbocycles. The highest BCUT2D eigenvalue weighted by molar-refractivity contribution is 5.82. The molecular weight excluding hydrogens is 218 g/mol. The van der Waals surface area contributed by atoms with Crippen molar-refractivity contribution in [2.75, 3.05) is 13.2 Å². The van der Waals surface area contributed by atoms with E-state index in [2.05, 4.69) is 0 Å². The van der Waals surface area contributed by atoms with Crippen LogP contribution < -0.4 is 5.73 Å². The van der Waals surface area contributed by atoms with Gasteiger partial charge in [-0.1, -0.05) is 30.3 Å². The number of carbonyl (C=O) groups excluding carboxylic acids is 1. The second-order valence-corrected chi connectivity index (χ2v) is 3.45. The Bertz CT molecular complexity index is 374. The van der Waals surface area contributed by atoms with Gasteiger partial charge in [-0.2, -0.15) is 0 Å². The molecule has 2 N–H and O–H groups in total. The highest BCUT2D eigenvalue weighted by Gasteiger charge is 1.99. The summed E-state index contributed by atoms with van der Waals surface area (Å²) in [5.41, 5.74) is 7.03. The van der Waals surface area contributed by atoms with Crippen molar-refractivity contribution >= 4 is 5.97 Å². The molecule has 0 unspecified atom stereocenters. The summed E-state index contributed by atoms with van der Waals surface area (Å²) in [6.45, 7) is 2.77. The maximum Gasteiger partial charge on any atom is 0.332 e. The van der Waals surface area contributed by atoms with Crippen molar-refractivity contribution in [1.82, 2.24) is 0 Å². The van der Waals surface area contributed by atoms with Crippen molar-refractivity contribution in [3.63, 3.8) is 0 Å². The SMILES string of the molecule is CCOC(=O)C=C(N)COCc1ccccc1. The smallest absolute Gasteiger partial charge is 0.332 e. The second-order valence-electron chi connectivity index (χ2n) is 3.45. The first-order chi connectivity index (χ1) is 8.22. The lowest BCUT2D eigenvalue weighted by Gasteiger charge is -2.04. The van der Waals surface area contributed by atoms with E-state index in [0.29, 0.717) is 18.9 Å².